The molecule has 1 atom stereocenters. The summed E-state index contributed by atoms with van der Waals surface area (Å²) in [6.45, 7) is 1.81. The van der Waals surface area contributed by atoms with Crippen LogP contribution in [0.1, 0.15) is 13.3 Å². The van der Waals surface area contributed by atoms with Crippen LogP contribution in [0.4, 0.5) is 11.4 Å². The quantitative estimate of drug-likeness (QED) is 0.620. The smallest absolute Gasteiger partial charge is 0.271 e. The maximum Gasteiger partial charge on any atom is 0.271 e. The second-order valence-electron chi connectivity index (χ2n) is 4.96. The normalized spacial score (nSPS) is 11.4. The molecule has 7 nitrogen and oxygen atoms in total. The number of carbonyl (C=O) groups is 1. The van der Waals surface area contributed by atoms with Crippen molar-refractivity contribution < 1.29 is 19.2 Å². The van der Waals surface area contributed by atoms with Crippen molar-refractivity contribution in [2.24, 2.45) is 0 Å². The van der Waals surface area contributed by atoms with Crippen LogP contribution in [0.15, 0.2) is 48.5 Å². The van der Waals surface area contributed by atoms with E-state index in [1.54, 1.807) is 30.3 Å². The summed E-state index contributed by atoms with van der Waals surface area (Å²) >= 11 is 0. The van der Waals surface area contributed by atoms with Gasteiger partial charge in [-0.1, -0.05) is 25.1 Å². The molecule has 7 heteroatoms. The number of nitrogens with zero attached hydrogens (tertiary/aromatic N) is 1. The summed E-state index contributed by atoms with van der Waals surface area (Å²) in [5.41, 5.74) is 0.253. The minimum atomic E-state index is -0.749. The molecular formula is C17H18N2O5. The van der Waals surface area contributed by atoms with Crippen LogP contribution in [-0.4, -0.2) is 24.0 Å². The van der Waals surface area contributed by atoms with E-state index in [2.05, 4.69) is 5.32 Å². The third-order valence-corrected chi connectivity index (χ3v) is 3.33. The maximum absolute atomic E-state index is 12.4. The molecule has 2 rings (SSSR count). The number of nitro groups is 1. The van der Waals surface area contributed by atoms with Crippen LogP contribution in [0.5, 0.6) is 11.5 Å². The van der Waals surface area contributed by atoms with E-state index >= 15 is 0 Å². The average Bonchev–Trinajstić information content (AvgIpc) is 2.60. The third-order valence-electron chi connectivity index (χ3n) is 3.33. The van der Waals surface area contributed by atoms with Crippen molar-refractivity contribution in [3.63, 3.8) is 0 Å². The summed E-state index contributed by atoms with van der Waals surface area (Å²) in [5, 5.41) is 13.4. The fourth-order valence-electron chi connectivity index (χ4n) is 2.11. The minimum Gasteiger partial charge on any atom is -0.493 e. The number of ether oxygens (including phenoxy) is 2. The van der Waals surface area contributed by atoms with E-state index < -0.39 is 11.0 Å². The summed E-state index contributed by atoms with van der Waals surface area (Å²) in [5.74, 6) is 0.601. The van der Waals surface area contributed by atoms with Gasteiger partial charge in [-0.2, -0.15) is 0 Å². The Hall–Kier alpha value is -3.09. The molecule has 0 radical (unpaired) electrons. The van der Waals surface area contributed by atoms with Crippen molar-refractivity contribution in [2.45, 2.75) is 19.4 Å². The van der Waals surface area contributed by atoms with Crippen molar-refractivity contribution in [2.75, 3.05) is 12.4 Å². The van der Waals surface area contributed by atoms with E-state index in [0.29, 0.717) is 23.6 Å². The first-order valence-electron chi connectivity index (χ1n) is 7.40. The molecule has 1 N–H and O–H groups in total. The molecule has 0 saturated carbocycles. The molecule has 0 spiro atoms. The molecule has 0 fully saturated rings. The van der Waals surface area contributed by atoms with E-state index in [9.17, 15) is 14.9 Å². The molecule has 0 saturated heterocycles. The second kappa shape index (κ2) is 7.96. The first-order valence-corrected chi connectivity index (χ1v) is 7.40. The number of nitro benzene ring substituents is 1. The Morgan fingerprint density at radius 3 is 2.54 bits per heavy atom. The Morgan fingerprint density at radius 2 is 1.92 bits per heavy atom. The molecule has 1 unspecified atom stereocenters. The Morgan fingerprint density at radius 1 is 1.21 bits per heavy atom. The summed E-state index contributed by atoms with van der Waals surface area (Å²) in [7, 11) is 1.52. The second-order valence-corrected chi connectivity index (χ2v) is 4.96. The Balaban J connectivity index is 2.11. The number of anilines is 1. The largest absolute Gasteiger partial charge is 0.493 e. The lowest BCUT2D eigenvalue weighted by atomic mass is 10.2. The fraction of sp³-hybridized carbons (Fsp3) is 0.235. The third kappa shape index (κ3) is 4.22. The Kier molecular flexibility index (Phi) is 5.73. The first kappa shape index (κ1) is 17.3. The van der Waals surface area contributed by atoms with Crippen LogP contribution >= 0.6 is 0 Å². The van der Waals surface area contributed by atoms with Gasteiger partial charge in [0, 0.05) is 17.8 Å². The van der Waals surface area contributed by atoms with Crippen LogP contribution in [0.3, 0.4) is 0 Å². The van der Waals surface area contributed by atoms with Gasteiger partial charge in [0.1, 0.15) is 0 Å². The summed E-state index contributed by atoms with van der Waals surface area (Å²) < 4.78 is 10.9. The molecule has 0 aliphatic carbocycles. The molecule has 24 heavy (non-hydrogen) atoms. The standard InChI is InChI=1S/C17H18N2O5/c1-3-14(24-16-10-5-4-9-15(16)23-2)17(20)18-12-7-6-8-13(11-12)19(21)22/h4-11,14H,3H2,1-2H3,(H,18,20). The average molecular weight is 330 g/mol. The van der Waals surface area contributed by atoms with Crippen molar-refractivity contribution in [1.29, 1.82) is 0 Å². The SMILES string of the molecule is CCC(Oc1ccccc1OC)C(=O)Nc1cccc([N+](=O)[O-])c1. The molecular weight excluding hydrogens is 312 g/mol. The lowest BCUT2D eigenvalue weighted by Gasteiger charge is -2.18. The topological polar surface area (TPSA) is 90.7 Å². The zero-order chi connectivity index (χ0) is 17.5. The van der Waals surface area contributed by atoms with Crippen LogP contribution < -0.4 is 14.8 Å². The van der Waals surface area contributed by atoms with E-state index in [4.69, 9.17) is 9.47 Å². The van der Waals surface area contributed by atoms with Gasteiger partial charge in [0.15, 0.2) is 17.6 Å². The predicted octanol–water partition coefficient (Wildman–Crippen LogP) is 3.40. The highest BCUT2D eigenvalue weighted by molar-refractivity contribution is 5.94. The van der Waals surface area contributed by atoms with Gasteiger partial charge < -0.3 is 14.8 Å². The summed E-state index contributed by atoms with van der Waals surface area (Å²) in [6.07, 6.45) is -0.320. The monoisotopic (exact) mass is 330 g/mol. The number of amides is 1. The van der Waals surface area contributed by atoms with Crippen LogP contribution in [-0.2, 0) is 4.79 Å². The number of hydrogen-bond donors (Lipinski definition) is 1. The highest BCUT2D eigenvalue weighted by Gasteiger charge is 2.20. The molecule has 2 aromatic carbocycles. The molecule has 1 amide bonds. The highest BCUT2D eigenvalue weighted by atomic mass is 16.6. The summed E-state index contributed by atoms with van der Waals surface area (Å²) in [4.78, 5) is 22.7. The van der Waals surface area contributed by atoms with Crippen molar-refractivity contribution in [3.05, 3.63) is 58.6 Å². The van der Waals surface area contributed by atoms with Gasteiger partial charge in [-0.25, -0.2) is 0 Å². The first-order chi connectivity index (χ1) is 11.5. The van der Waals surface area contributed by atoms with E-state index in [0.717, 1.165) is 0 Å². The molecule has 0 aliphatic heterocycles. The zero-order valence-electron chi connectivity index (χ0n) is 13.4. The lowest BCUT2D eigenvalue weighted by Crippen LogP contribution is -2.32. The minimum absolute atomic E-state index is 0.0912. The Labute approximate surface area is 139 Å². The molecule has 0 aliphatic rings. The number of methoxy groups -OCH3 is 1. The number of para-hydroxylation sites is 2. The molecule has 2 aromatic rings. The number of non-ortho nitro benzene ring substituents is 1. The van der Waals surface area contributed by atoms with Gasteiger partial charge in [0.05, 0.1) is 12.0 Å². The van der Waals surface area contributed by atoms with Gasteiger partial charge in [-0.15, -0.1) is 0 Å². The number of rotatable bonds is 7. The molecule has 0 heterocycles. The fourth-order valence-corrected chi connectivity index (χ4v) is 2.11. The molecule has 0 bridgehead atoms. The van der Waals surface area contributed by atoms with Crippen molar-refractivity contribution in [3.8, 4) is 11.5 Å². The number of benzene rings is 2. The van der Waals surface area contributed by atoms with Crippen molar-refractivity contribution in [1.82, 2.24) is 0 Å². The van der Waals surface area contributed by atoms with Crippen molar-refractivity contribution >= 4 is 17.3 Å². The van der Waals surface area contributed by atoms with Gasteiger partial charge >= 0.3 is 0 Å². The maximum atomic E-state index is 12.4. The Bertz CT molecular complexity index is 732. The van der Waals surface area contributed by atoms with Crippen LogP contribution in [0.25, 0.3) is 0 Å². The number of nitrogens with one attached hydrogen (secondary N) is 1. The van der Waals surface area contributed by atoms with Gasteiger partial charge in [0.25, 0.3) is 11.6 Å². The molecule has 0 aromatic heterocycles. The van der Waals surface area contributed by atoms with E-state index in [-0.39, 0.29) is 11.6 Å². The lowest BCUT2D eigenvalue weighted by molar-refractivity contribution is -0.384. The van der Waals surface area contributed by atoms with Crippen LogP contribution in [0.2, 0.25) is 0 Å². The zero-order valence-corrected chi connectivity index (χ0v) is 13.4. The van der Waals surface area contributed by atoms with E-state index in [1.807, 2.05) is 6.92 Å². The molecule has 126 valence electrons. The van der Waals surface area contributed by atoms with Gasteiger partial charge in [-0.05, 0) is 24.6 Å². The number of hydrogen-bond acceptors (Lipinski definition) is 5. The van der Waals surface area contributed by atoms with Crippen LogP contribution in [0, 0.1) is 10.1 Å². The van der Waals surface area contributed by atoms with Gasteiger partial charge in [-0.3, -0.25) is 14.9 Å². The highest BCUT2D eigenvalue weighted by Crippen LogP contribution is 2.27. The predicted molar refractivity (Wildman–Crippen MR) is 89.4 cm³/mol. The van der Waals surface area contributed by atoms with E-state index in [1.165, 1.54) is 25.3 Å². The summed E-state index contributed by atoms with van der Waals surface area (Å²) in [6, 6.07) is 12.8. The van der Waals surface area contributed by atoms with Gasteiger partial charge in [0.2, 0.25) is 0 Å². The number of carbonyl (C=O) groups excluding carboxylic acids is 1.